The number of nitrogens with zero attached hydrogens (tertiary/aromatic N) is 1. The van der Waals surface area contributed by atoms with E-state index < -0.39 is 0 Å². The van der Waals surface area contributed by atoms with Crippen molar-refractivity contribution in [3.05, 3.63) is 27.3 Å². The van der Waals surface area contributed by atoms with E-state index in [4.69, 9.17) is 0 Å². The molecule has 0 bridgehead atoms. The van der Waals surface area contributed by atoms with Crippen LogP contribution < -0.4 is 29.6 Å². The van der Waals surface area contributed by atoms with E-state index in [1.165, 1.54) is 27.0 Å². The fourth-order valence-corrected chi connectivity index (χ4v) is 2.85. The average Bonchev–Trinajstić information content (AvgIpc) is 2.40. The Kier molecular flexibility index (Phi) is 5.28. The molecule has 0 N–H and O–H groups in total. The Morgan fingerprint density at radius 2 is 2.06 bits per heavy atom. The van der Waals surface area contributed by atoms with Crippen molar-refractivity contribution in [2.45, 2.75) is 39.5 Å². The summed E-state index contributed by atoms with van der Waals surface area (Å²) in [5.74, 6) is 0. The van der Waals surface area contributed by atoms with E-state index >= 15 is 0 Å². The third-order valence-corrected chi connectivity index (χ3v) is 4.24. The molecule has 0 aromatic heterocycles. The van der Waals surface area contributed by atoms with Crippen molar-refractivity contribution in [3.63, 3.8) is 0 Å². The molecule has 0 atom stereocenters. The average molecular weight is 354 g/mol. The van der Waals surface area contributed by atoms with E-state index in [2.05, 4.69) is 73.1 Å². The second-order valence-corrected chi connectivity index (χ2v) is 6.10. The molecule has 0 saturated carbocycles. The van der Waals surface area contributed by atoms with Crippen LogP contribution in [0.4, 0.5) is 5.69 Å². The predicted molar refractivity (Wildman–Crippen MR) is 76.8 cm³/mol. The Labute approximate surface area is 140 Å². The molecular weight excluding hydrogens is 336 g/mol. The normalized spacial score (nSPS) is 16.8. The minimum Gasteiger partial charge on any atom is -0.222 e. The van der Waals surface area contributed by atoms with Gasteiger partial charge in [-0.05, 0) is 0 Å². The maximum Gasteiger partial charge on any atom is 1.00 e. The van der Waals surface area contributed by atoms with Crippen molar-refractivity contribution in [2.75, 3.05) is 6.54 Å². The SMILES string of the molecule is CCC[N+]1=C(C)C(C)(C)c2c[c-]c([131I])cc21.[Na+]. The second-order valence-electron chi connectivity index (χ2n) is 4.94. The molecule has 0 amide bonds. The molecule has 1 nitrogen and oxygen atoms in total. The van der Waals surface area contributed by atoms with Gasteiger partial charge in [-0.25, -0.2) is 4.58 Å². The monoisotopic (exact) mass is 354 g/mol. The number of hydrogen-bond donors (Lipinski definition) is 0. The number of benzene rings is 1. The Morgan fingerprint density at radius 3 is 2.65 bits per heavy atom. The number of rotatable bonds is 2. The van der Waals surface area contributed by atoms with Gasteiger partial charge >= 0.3 is 29.6 Å². The summed E-state index contributed by atoms with van der Waals surface area (Å²) >= 11 is 2.34. The molecule has 86 valence electrons. The van der Waals surface area contributed by atoms with Crippen molar-refractivity contribution in [1.82, 2.24) is 0 Å². The van der Waals surface area contributed by atoms with Crippen LogP contribution in [-0.4, -0.2) is 16.8 Å². The van der Waals surface area contributed by atoms with Gasteiger partial charge in [0.05, 0.1) is 0 Å². The van der Waals surface area contributed by atoms with Crippen LogP contribution in [0.2, 0.25) is 0 Å². The molecule has 1 aliphatic rings. The summed E-state index contributed by atoms with van der Waals surface area (Å²) in [7, 11) is 0. The maximum absolute atomic E-state index is 3.32. The van der Waals surface area contributed by atoms with Gasteiger partial charge < -0.3 is 0 Å². The van der Waals surface area contributed by atoms with Crippen molar-refractivity contribution in [2.24, 2.45) is 0 Å². The topological polar surface area (TPSA) is 3.01 Å². The van der Waals surface area contributed by atoms with Crippen molar-refractivity contribution >= 4 is 34.0 Å². The molecule has 0 saturated heterocycles. The summed E-state index contributed by atoms with van der Waals surface area (Å²) in [6, 6.07) is 7.73. The molecule has 1 heterocycles. The maximum atomic E-state index is 3.32. The molecule has 0 radical (unpaired) electrons. The fourth-order valence-electron chi connectivity index (χ4n) is 2.40. The van der Waals surface area contributed by atoms with Crippen LogP contribution in [0.1, 0.15) is 39.7 Å². The molecule has 0 aliphatic carbocycles. The summed E-state index contributed by atoms with van der Waals surface area (Å²) < 4.78 is 3.66. The first kappa shape index (κ1) is 15.7. The van der Waals surface area contributed by atoms with Gasteiger partial charge in [-0.2, -0.15) is 12.1 Å². The molecule has 2 rings (SSSR count). The van der Waals surface area contributed by atoms with Gasteiger partial charge in [0.2, 0.25) is 0 Å². The van der Waals surface area contributed by atoms with Gasteiger partial charge in [0.25, 0.3) is 0 Å². The van der Waals surface area contributed by atoms with Crippen LogP contribution in [0.5, 0.6) is 0 Å². The van der Waals surface area contributed by atoms with Gasteiger partial charge in [-0.1, -0.05) is 58.6 Å². The van der Waals surface area contributed by atoms with Crippen LogP contribution in [0.3, 0.4) is 0 Å². The van der Waals surface area contributed by atoms with Crippen LogP contribution in [0, 0.1) is 9.64 Å². The van der Waals surface area contributed by atoms with Gasteiger partial charge in [0, 0.05) is 18.8 Å². The summed E-state index contributed by atoms with van der Waals surface area (Å²) in [4.78, 5) is 0. The minimum atomic E-state index is 0. The second kappa shape index (κ2) is 5.72. The van der Waals surface area contributed by atoms with Crippen LogP contribution in [0.25, 0.3) is 0 Å². The summed E-state index contributed by atoms with van der Waals surface area (Å²) in [5, 5.41) is 0. The van der Waals surface area contributed by atoms with E-state index in [0.717, 1.165) is 6.54 Å². The zero-order valence-electron chi connectivity index (χ0n) is 11.4. The van der Waals surface area contributed by atoms with Crippen molar-refractivity contribution < 1.29 is 34.1 Å². The van der Waals surface area contributed by atoms with E-state index in [-0.39, 0.29) is 35.0 Å². The van der Waals surface area contributed by atoms with Crippen LogP contribution in [0.15, 0.2) is 12.1 Å². The summed E-state index contributed by atoms with van der Waals surface area (Å²) in [6.07, 6.45) is 1.18. The Bertz CT molecular complexity index is 463. The van der Waals surface area contributed by atoms with E-state index in [1.807, 2.05) is 0 Å². The van der Waals surface area contributed by atoms with Gasteiger partial charge in [-0.15, -0.1) is 0 Å². The molecule has 0 fully saturated rings. The Morgan fingerprint density at radius 1 is 1.41 bits per heavy atom. The smallest absolute Gasteiger partial charge is 0.222 e. The largest absolute Gasteiger partial charge is 1.00 e. The Hall–Kier alpha value is 0.620. The molecule has 1 aliphatic heterocycles. The molecule has 0 unspecified atom stereocenters. The first-order valence-corrected chi connectivity index (χ1v) is 6.89. The van der Waals surface area contributed by atoms with Gasteiger partial charge in [0.15, 0.2) is 5.71 Å². The van der Waals surface area contributed by atoms with E-state index in [1.54, 1.807) is 0 Å². The molecule has 1 aromatic rings. The fraction of sp³-hybridized carbons (Fsp3) is 0.500. The van der Waals surface area contributed by atoms with E-state index in [9.17, 15) is 0 Å². The summed E-state index contributed by atoms with van der Waals surface area (Å²) in [5.41, 5.74) is 4.41. The molecule has 17 heavy (non-hydrogen) atoms. The molecule has 0 spiro atoms. The van der Waals surface area contributed by atoms with Crippen LogP contribution in [-0.2, 0) is 5.41 Å². The third-order valence-electron chi connectivity index (χ3n) is 3.61. The van der Waals surface area contributed by atoms with Gasteiger partial charge in [-0.3, -0.25) is 0 Å². The molecule has 3 heteroatoms. The minimum absolute atomic E-state index is 0. The van der Waals surface area contributed by atoms with E-state index in [0.29, 0.717) is 0 Å². The number of halogens is 1. The third kappa shape index (κ3) is 2.65. The summed E-state index contributed by atoms with van der Waals surface area (Å²) in [6.45, 7) is 10.2. The molecular formula is C14H18INNa+. The number of hydrogen-bond acceptors (Lipinski definition) is 0. The number of fused-ring (bicyclic) bond motifs is 1. The van der Waals surface area contributed by atoms with Crippen molar-refractivity contribution in [3.8, 4) is 0 Å². The zero-order chi connectivity index (χ0) is 11.9. The first-order chi connectivity index (χ1) is 7.48. The predicted octanol–water partition coefficient (Wildman–Crippen LogP) is 0.901. The van der Waals surface area contributed by atoms with Crippen LogP contribution >= 0.6 is 22.6 Å². The van der Waals surface area contributed by atoms with Crippen molar-refractivity contribution in [1.29, 1.82) is 0 Å². The quantitative estimate of drug-likeness (QED) is 0.321. The zero-order valence-corrected chi connectivity index (χ0v) is 15.6. The first-order valence-electron chi connectivity index (χ1n) is 5.81. The van der Waals surface area contributed by atoms with Gasteiger partial charge in [0.1, 0.15) is 12.2 Å². The Balaban J connectivity index is 0.00000144. The molecule has 1 aromatic carbocycles. The standard InChI is InChI=1S/C14H18IN.Na/c1-5-8-16-10(2)14(3,4)12-7-6-11(15)9-13(12)16;/h7,9H,5,8H2,1-4H3;/q;+1/i15+4;.